The minimum atomic E-state index is -0.926. The monoisotopic (exact) mass is 879 g/mol. The molecule has 0 radical (unpaired) electrons. The predicted octanol–water partition coefficient (Wildman–Crippen LogP) is 11.1. The number of rotatable bonds is 16. The van der Waals surface area contributed by atoms with Crippen molar-refractivity contribution in [1.82, 2.24) is 0 Å². The lowest BCUT2D eigenvalue weighted by molar-refractivity contribution is -0.208. The summed E-state index contributed by atoms with van der Waals surface area (Å²) in [5, 5.41) is 5.36. The van der Waals surface area contributed by atoms with Gasteiger partial charge < -0.3 is 42.6 Å². The summed E-state index contributed by atoms with van der Waals surface area (Å²) in [6.45, 7) is 6.84. The lowest BCUT2D eigenvalue weighted by atomic mass is 9.85. The predicted molar refractivity (Wildman–Crippen MR) is 245 cm³/mol. The first-order chi connectivity index (χ1) is 31.8. The molecule has 2 fully saturated rings. The van der Waals surface area contributed by atoms with E-state index >= 15 is 0 Å². The number of ether oxygens (including phenoxy) is 9. The van der Waals surface area contributed by atoms with Crippen molar-refractivity contribution in [2.75, 3.05) is 27.4 Å². The zero-order valence-corrected chi connectivity index (χ0v) is 37.2. The molecule has 1 unspecified atom stereocenters. The van der Waals surface area contributed by atoms with E-state index in [1.165, 1.54) is 6.92 Å². The van der Waals surface area contributed by atoms with Gasteiger partial charge in [-0.25, -0.2) is 0 Å². The highest BCUT2D eigenvalue weighted by atomic mass is 16.7. The lowest BCUT2D eigenvalue weighted by Gasteiger charge is -2.44. The quantitative estimate of drug-likeness (QED) is 0.0302. The van der Waals surface area contributed by atoms with Crippen molar-refractivity contribution in [3.8, 4) is 34.1 Å². The van der Waals surface area contributed by atoms with Crippen LogP contribution in [0.15, 0.2) is 126 Å². The zero-order chi connectivity index (χ0) is 45.3. The summed E-state index contributed by atoms with van der Waals surface area (Å²) in [5.41, 5.74) is 16.2. The number of hydrogen-bond donors (Lipinski definition) is 0. The second-order valence-electron chi connectivity index (χ2n) is 16.1. The molecule has 336 valence electrons. The van der Waals surface area contributed by atoms with Gasteiger partial charge in [0.2, 0.25) is 0 Å². The number of aryl methyl sites for hydroxylation is 1. The maximum Gasteiger partial charge on any atom is 0.308 e. The average molecular weight is 880 g/mol. The van der Waals surface area contributed by atoms with E-state index in [1.54, 1.807) is 14.2 Å². The van der Waals surface area contributed by atoms with Crippen LogP contribution in [0.5, 0.6) is 23.0 Å². The van der Waals surface area contributed by atoms with Gasteiger partial charge in [0.1, 0.15) is 35.7 Å². The first-order valence-corrected chi connectivity index (χ1v) is 21.7. The van der Waals surface area contributed by atoms with E-state index in [-0.39, 0.29) is 25.6 Å². The highest BCUT2D eigenvalue weighted by Gasteiger charge is 2.47. The van der Waals surface area contributed by atoms with Gasteiger partial charge in [0.25, 0.3) is 0 Å². The molecule has 0 bridgehead atoms. The van der Waals surface area contributed by atoms with Crippen LogP contribution in [0.1, 0.15) is 66.0 Å². The maximum atomic E-state index is 13.5. The molecule has 13 nitrogen and oxygen atoms in total. The Labute approximate surface area is 378 Å². The number of methoxy groups -OCH3 is 2. The lowest BCUT2D eigenvalue weighted by Crippen LogP contribution is -2.54. The van der Waals surface area contributed by atoms with Crippen molar-refractivity contribution < 1.29 is 47.4 Å². The Morgan fingerprint density at radius 2 is 1.32 bits per heavy atom. The Hall–Kier alpha value is -6.44. The number of fused-ring (bicyclic) bond motifs is 1. The van der Waals surface area contributed by atoms with Crippen LogP contribution in [0.2, 0.25) is 0 Å². The van der Waals surface area contributed by atoms with Gasteiger partial charge in [0.15, 0.2) is 6.29 Å². The van der Waals surface area contributed by atoms with Gasteiger partial charge in [-0.1, -0.05) is 108 Å². The summed E-state index contributed by atoms with van der Waals surface area (Å²) in [6, 6.07) is 37.9. The van der Waals surface area contributed by atoms with E-state index < -0.39 is 42.7 Å². The second kappa shape index (κ2) is 21.0. The Kier molecular flexibility index (Phi) is 14.6. The molecule has 0 N–H and O–H groups in total. The molecular formula is C52H53N3O10. The van der Waals surface area contributed by atoms with Gasteiger partial charge in [0, 0.05) is 33.9 Å². The van der Waals surface area contributed by atoms with Crippen molar-refractivity contribution >= 4 is 16.7 Å². The van der Waals surface area contributed by atoms with Gasteiger partial charge in [0.05, 0.1) is 70.4 Å². The largest absolute Gasteiger partial charge is 0.496 e. The van der Waals surface area contributed by atoms with E-state index in [0.717, 1.165) is 28.7 Å². The van der Waals surface area contributed by atoms with Crippen molar-refractivity contribution in [2.45, 2.75) is 83.8 Å². The molecule has 5 atom stereocenters. The molecule has 2 heterocycles. The second-order valence-corrected chi connectivity index (χ2v) is 16.1. The molecule has 0 aliphatic carbocycles. The molecule has 6 aromatic carbocycles. The first-order valence-electron chi connectivity index (χ1n) is 21.7. The minimum Gasteiger partial charge on any atom is -0.496 e. The fraction of sp³-hybridized carbons (Fsp3) is 0.327. The third kappa shape index (κ3) is 10.1. The van der Waals surface area contributed by atoms with Crippen molar-refractivity contribution in [2.24, 2.45) is 5.11 Å². The molecular weight excluding hydrogens is 827 g/mol. The van der Waals surface area contributed by atoms with Crippen LogP contribution in [0.25, 0.3) is 32.3 Å². The van der Waals surface area contributed by atoms with E-state index in [1.807, 2.05) is 135 Å². The van der Waals surface area contributed by atoms with E-state index in [4.69, 9.17) is 42.6 Å². The molecule has 0 amide bonds. The van der Waals surface area contributed by atoms with Crippen LogP contribution < -0.4 is 18.9 Å². The molecule has 0 saturated carbocycles. The van der Waals surface area contributed by atoms with Gasteiger partial charge in [-0.05, 0) is 71.8 Å². The smallest absolute Gasteiger partial charge is 0.308 e. The summed E-state index contributed by atoms with van der Waals surface area (Å²) >= 11 is 0. The molecule has 0 spiro atoms. The normalized spacial score (nSPS) is 19.9. The van der Waals surface area contributed by atoms with Crippen molar-refractivity contribution in [3.05, 3.63) is 165 Å². The zero-order valence-electron chi connectivity index (χ0n) is 37.2. The van der Waals surface area contributed by atoms with Crippen LogP contribution >= 0.6 is 0 Å². The number of esters is 1. The summed E-state index contributed by atoms with van der Waals surface area (Å²) < 4.78 is 58.4. The first kappa shape index (κ1) is 45.1. The van der Waals surface area contributed by atoms with Gasteiger partial charge >= 0.3 is 5.97 Å². The Morgan fingerprint density at radius 1 is 0.723 bits per heavy atom. The number of carbonyl (C=O) groups excluding carboxylic acids is 1. The number of hydrogen-bond acceptors (Lipinski definition) is 11. The third-order valence-electron chi connectivity index (χ3n) is 11.6. The van der Waals surface area contributed by atoms with Gasteiger partial charge in [-0.3, -0.25) is 4.79 Å². The topological polar surface area (TPSA) is 149 Å². The number of nitrogens with zero attached hydrogens (tertiary/aromatic N) is 3. The van der Waals surface area contributed by atoms with E-state index in [9.17, 15) is 10.3 Å². The molecule has 2 aliphatic heterocycles. The molecule has 2 saturated heterocycles. The minimum absolute atomic E-state index is 0.162. The van der Waals surface area contributed by atoms with Gasteiger partial charge in [-0.15, -0.1) is 0 Å². The Bertz CT molecular complexity index is 2620. The average Bonchev–Trinajstić information content (AvgIpc) is 3.33. The number of carbonyl (C=O) groups is 1. The fourth-order valence-electron chi connectivity index (χ4n) is 8.69. The maximum absolute atomic E-state index is 13.5. The molecule has 2 aliphatic rings. The van der Waals surface area contributed by atoms with Crippen molar-refractivity contribution in [3.63, 3.8) is 0 Å². The Morgan fingerprint density at radius 3 is 1.91 bits per heavy atom. The van der Waals surface area contributed by atoms with Gasteiger partial charge in [-0.2, -0.15) is 0 Å². The van der Waals surface area contributed by atoms with E-state index in [2.05, 4.69) is 10.0 Å². The van der Waals surface area contributed by atoms with Crippen LogP contribution in [-0.4, -0.2) is 57.8 Å². The highest BCUT2D eigenvalue weighted by Crippen LogP contribution is 2.54. The Balaban J connectivity index is 1.38. The summed E-state index contributed by atoms with van der Waals surface area (Å²) in [7, 11) is 3.17. The number of azide groups is 1. The fourth-order valence-corrected chi connectivity index (χ4v) is 8.69. The number of benzene rings is 6. The summed E-state index contributed by atoms with van der Waals surface area (Å²) in [4.78, 5) is 16.9. The molecule has 0 aromatic heterocycles. The molecule has 65 heavy (non-hydrogen) atoms. The molecule has 6 aromatic rings. The standard InChI is InChI=1S/C52H53N3O10/c1-32-26-40(52-59-24-15-25-60-52)44(42(27-32)57-4)39-28-43(58-5)46-41(61-29-35-16-9-6-10-17-35)23-22-38(45(46)49(39)65-34(3)56)50-51(63-31-37-20-13-8-14-21-37)47(54-55-53)48(33(2)64-50)62-30-36-18-11-7-12-19-36/h6-14,16-23,26-28,33,47-48,50-52H,15,24-25,29-31H2,1-5H3/t33-,47+,48+,50?,51-/m0/s1. The van der Waals surface area contributed by atoms with Crippen molar-refractivity contribution in [1.29, 1.82) is 0 Å². The third-order valence-corrected chi connectivity index (χ3v) is 11.6. The molecule has 13 heteroatoms. The van der Waals surface area contributed by atoms with Crippen LogP contribution in [0.4, 0.5) is 0 Å². The van der Waals surface area contributed by atoms with Crippen LogP contribution in [-0.2, 0) is 48.3 Å². The van der Waals surface area contributed by atoms with Crippen LogP contribution in [0.3, 0.4) is 0 Å². The van der Waals surface area contributed by atoms with Crippen LogP contribution in [0, 0.1) is 6.92 Å². The van der Waals surface area contributed by atoms with E-state index in [0.29, 0.717) is 63.5 Å². The summed E-state index contributed by atoms with van der Waals surface area (Å²) in [6.07, 6.45) is -3.17. The highest BCUT2D eigenvalue weighted by molar-refractivity contribution is 6.06. The summed E-state index contributed by atoms with van der Waals surface area (Å²) in [5.74, 6) is 0.984. The molecule has 8 rings (SSSR count). The SMILES string of the molecule is COc1cc(C)cc(C2OCCCO2)c1-c1cc(OC)c2c(OCc3ccccc3)ccc(C3O[C@@H](C)[C@@H](OCc4ccccc4)[C@@H](N=[N+]=[N-])[C@@H]3OCc3ccccc3)c2c1OC(C)=O.